The lowest BCUT2D eigenvalue weighted by molar-refractivity contribution is -0.130. The second-order valence-corrected chi connectivity index (χ2v) is 5.85. The fourth-order valence-corrected chi connectivity index (χ4v) is 3.21. The Morgan fingerprint density at radius 1 is 1.40 bits per heavy atom. The van der Waals surface area contributed by atoms with Crippen LogP contribution in [-0.4, -0.2) is 6.29 Å². The topological polar surface area (TPSA) is 17.1 Å². The molecule has 0 N–H and O–H groups in total. The van der Waals surface area contributed by atoms with E-state index in [9.17, 15) is 4.79 Å². The number of carbonyl (C=O) groups excluding carboxylic acids is 1. The summed E-state index contributed by atoms with van der Waals surface area (Å²) in [6, 6.07) is 0. The van der Waals surface area contributed by atoms with Gasteiger partial charge in [0.1, 0.15) is 6.29 Å². The number of carbonyl (C=O) groups is 1. The maximum Gasteiger partial charge on any atom is 0.126 e. The Morgan fingerprint density at radius 3 is 2.60 bits per heavy atom. The number of unbranched alkanes of at least 4 members (excludes halogenated alkanes) is 1. The third-order valence-corrected chi connectivity index (χ3v) is 5.04. The van der Waals surface area contributed by atoms with Crippen molar-refractivity contribution in [3.8, 4) is 0 Å². The number of aldehydes is 1. The molecule has 1 aliphatic carbocycles. The molecule has 0 heterocycles. The second kappa shape index (κ2) is 4.67. The third kappa shape index (κ3) is 2.11. The molecule has 0 aromatic carbocycles. The molecule has 1 fully saturated rings. The first-order valence-corrected chi connectivity index (χ1v) is 6.46. The zero-order valence-corrected chi connectivity index (χ0v) is 10.8. The van der Waals surface area contributed by atoms with E-state index < -0.39 is 0 Å². The smallest absolute Gasteiger partial charge is 0.126 e. The van der Waals surface area contributed by atoms with Crippen LogP contribution in [0, 0.1) is 16.7 Å². The standard InChI is InChI=1S/C14H26O/c1-5-6-10-14(4)12(2)8-7-9-13(14,3)11-15/h11-12H,5-10H2,1-4H3. The maximum atomic E-state index is 11.4. The fourth-order valence-electron chi connectivity index (χ4n) is 3.21. The lowest BCUT2D eigenvalue weighted by Crippen LogP contribution is -2.46. The summed E-state index contributed by atoms with van der Waals surface area (Å²) >= 11 is 0. The Morgan fingerprint density at radius 2 is 2.07 bits per heavy atom. The summed E-state index contributed by atoms with van der Waals surface area (Å²) in [5.74, 6) is 0.688. The molecule has 3 atom stereocenters. The number of rotatable bonds is 4. The Labute approximate surface area is 94.6 Å². The predicted octanol–water partition coefficient (Wildman–Crippen LogP) is 4.21. The van der Waals surface area contributed by atoms with E-state index in [1.165, 1.54) is 38.4 Å². The van der Waals surface area contributed by atoms with Crippen molar-refractivity contribution >= 4 is 6.29 Å². The highest BCUT2D eigenvalue weighted by Gasteiger charge is 2.49. The van der Waals surface area contributed by atoms with Crippen molar-refractivity contribution in [1.82, 2.24) is 0 Å². The van der Waals surface area contributed by atoms with Crippen LogP contribution in [0.3, 0.4) is 0 Å². The van der Waals surface area contributed by atoms with Gasteiger partial charge in [-0.2, -0.15) is 0 Å². The predicted molar refractivity (Wildman–Crippen MR) is 64.8 cm³/mol. The van der Waals surface area contributed by atoms with Gasteiger partial charge in [0.15, 0.2) is 0 Å². The lowest BCUT2D eigenvalue weighted by atomic mass is 9.52. The summed E-state index contributed by atoms with van der Waals surface area (Å²) < 4.78 is 0. The quantitative estimate of drug-likeness (QED) is 0.635. The molecule has 1 nitrogen and oxygen atoms in total. The van der Waals surface area contributed by atoms with E-state index in [4.69, 9.17) is 0 Å². The monoisotopic (exact) mass is 210 g/mol. The number of hydrogen-bond donors (Lipinski definition) is 0. The Bertz CT molecular complexity index is 223. The van der Waals surface area contributed by atoms with Gasteiger partial charge in [0, 0.05) is 5.41 Å². The Hall–Kier alpha value is -0.330. The van der Waals surface area contributed by atoms with Gasteiger partial charge in [-0.15, -0.1) is 0 Å². The molecule has 0 aromatic rings. The molecule has 0 radical (unpaired) electrons. The van der Waals surface area contributed by atoms with Crippen LogP contribution in [0.5, 0.6) is 0 Å². The van der Waals surface area contributed by atoms with Crippen LogP contribution >= 0.6 is 0 Å². The first kappa shape index (κ1) is 12.7. The fraction of sp³-hybridized carbons (Fsp3) is 0.929. The average molecular weight is 210 g/mol. The van der Waals surface area contributed by atoms with Crippen LogP contribution in [0.25, 0.3) is 0 Å². The molecule has 0 aliphatic heterocycles. The van der Waals surface area contributed by atoms with Crippen molar-refractivity contribution in [2.75, 3.05) is 0 Å². The molecule has 1 aliphatic rings. The molecule has 3 unspecified atom stereocenters. The van der Waals surface area contributed by atoms with Crippen molar-refractivity contribution in [3.63, 3.8) is 0 Å². The normalized spacial score (nSPS) is 41.5. The molecule has 0 aromatic heterocycles. The minimum Gasteiger partial charge on any atom is -0.303 e. The van der Waals surface area contributed by atoms with Crippen LogP contribution in [0.2, 0.25) is 0 Å². The molecular formula is C14H26O. The summed E-state index contributed by atoms with van der Waals surface area (Å²) in [4.78, 5) is 11.4. The third-order valence-electron chi connectivity index (χ3n) is 5.04. The largest absolute Gasteiger partial charge is 0.303 e. The molecule has 0 bridgehead atoms. The Kier molecular flexibility index (Phi) is 3.97. The highest BCUT2D eigenvalue weighted by molar-refractivity contribution is 5.60. The Balaban J connectivity index is 2.88. The SMILES string of the molecule is CCCCC1(C)C(C)CCCC1(C)C=O. The first-order valence-electron chi connectivity index (χ1n) is 6.46. The van der Waals surface area contributed by atoms with Crippen molar-refractivity contribution in [3.05, 3.63) is 0 Å². The molecule has 1 rings (SSSR count). The zero-order chi connectivity index (χ0) is 11.5. The lowest BCUT2D eigenvalue weighted by Gasteiger charge is -2.51. The first-order chi connectivity index (χ1) is 7.00. The van der Waals surface area contributed by atoms with Gasteiger partial charge < -0.3 is 4.79 Å². The van der Waals surface area contributed by atoms with Crippen LogP contribution in [0.4, 0.5) is 0 Å². The summed E-state index contributed by atoms with van der Waals surface area (Å²) in [5, 5.41) is 0. The van der Waals surface area contributed by atoms with E-state index in [-0.39, 0.29) is 10.8 Å². The van der Waals surface area contributed by atoms with E-state index in [2.05, 4.69) is 27.7 Å². The van der Waals surface area contributed by atoms with E-state index in [1.807, 2.05) is 0 Å². The summed E-state index contributed by atoms with van der Waals surface area (Å²) in [6.45, 7) is 9.07. The van der Waals surface area contributed by atoms with Gasteiger partial charge in [-0.25, -0.2) is 0 Å². The van der Waals surface area contributed by atoms with Crippen LogP contribution in [0.15, 0.2) is 0 Å². The van der Waals surface area contributed by atoms with E-state index >= 15 is 0 Å². The van der Waals surface area contributed by atoms with Crippen molar-refractivity contribution in [2.24, 2.45) is 16.7 Å². The van der Waals surface area contributed by atoms with Crippen LogP contribution in [-0.2, 0) is 4.79 Å². The molecule has 1 heteroatoms. The van der Waals surface area contributed by atoms with Gasteiger partial charge in [0.25, 0.3) is 0 Å². The molecule has 0 saturated heterocycles. The van der Waals surface area contributed by atoms with Gasteiger partial charge in [-0.05, 0) is 24.2 Å². The average Bonchev–Trinajstić information content (AvgIpc) is 2.23. The minimum atomic E-state index is -0.0835. The highest BCUT2D eigenvalue weighted by Crippen LogP contribution is 2.54. The summed E-state index contributed by atoms with van der Waals surface area (Å²) in [7, 11) is 0. The van der Waals surface area contributed by atoms with Crippen LogP contribution in [0.1, 0.15) is 66.2 Å². The van der Waals surface area contributed by atoms with Gasteiger partial charge in [-0.3, -0.25) is 0 Å². The minimum absolute atomic E-state index is 0.0835. The van der Waals surface area contributed by atoms with Gasteiger partial charge >= 0.3 is 0 Å². The molecule has 1 saturated carbocycles. The summed E-state index contributed by atoms with van der Waals surface area (Å²) in [6.07, 6.45) is 8.53. The van der Waals surface area contributed by atoms with Gasteiger partial charge in [0.05, 0.1) is 0 Å². The molecular weight excluding hydrogens is 184 g/mol. The van der Waals surface area contributed by atoms with E-state index in [0.29, 0.717) is 5.92 Å². The molecule has 88 valence electrons. The maximum absolute atomic E-state index is 11.4. The van der Waals surface area contributed by atoms with E-state index in [1.54, 1.807) is 0 Å². The van der Waals surface area contributed by atoms with Crippen molar-refractivity contribution < 1.29 is 4.79 Å². The highest BCUT2D eigenvalue weighted by atomic mass is 16.1. The van der Waals surface area contributed by atoms with Crippen LogP contribution < -0.4 is 0 Å². The van der Waals surface area contributed by atoms with Crippen molar-refractivity contribution in [2.45, 2.75) is 66.2 Å². The number of hydrogen-bond acceptors (Lipinski definition) is 1. The van der Waals surface area contributed by atoms with Gasteiger partial charge in [0.2, 0.25) is 0 Å². The second-order valence-electron chi connectivity index (χ2n) is 5.85. The summed E-state index contributed by atoms with van der Waals surface area (Å²) in [5.41, 5.74) is 0.142. The van der Waals surface area contributed by atoms with Crippen molar-refractivity contribution in [1.29, 1.82) is 0 Å². The molecule has 0 amide bonds. The molecule has 15 heavy (non-hydrogen) atoms. The molecule has 0 spiro atoms. The van der Waals surface area contributed by atoms with E-state index in [0.717, 1.165) is 6.42 Å². The van der Waals surface area contributed by atoms with Gasteiger partial charge in [-0.1, -0.05) is 53.4 Å². The zero-order valence-electron chi connectivity index (χ0n) is 10.8.